The van der Waals surface area contributed by atoms with Gasteiger partial charge in [-0.15, -0.1) is 0 Å². The van der Waals surface area contributed by atoms with Gasteiger partial charge in [-0.05, 0) is 82.3 Å². The molecule has 2 aliphatic carbocycles. The van der Waals surface area contributed by atoms with Gasteiger partial charge in [-0.3, -0.25) is 19.2 Å². The van der Waals surface area contributed by atoms with E-state index >= 15 is 0 Å². The lowest BCUT2D eigenvalue weighted by Gasteiger charge is -2.32. The Morgan fingerprint density at radius 1 is 0.380 bits per heavy atom. The van der Waals surface area contributed by atoms with Crippen LogP contribution in [0.25, 0.3) is 43.5 Å². The lowest BCUT2D eigenvalue weighted by Crippen LogP contribution is -2.43. The summed E-state index contributed by atoms with van der Waals surface area (Å²) < 4.78 is 0. The van der Waals surface area contributed by atoms with E-state index in [1.54, 1.807) is 24.3 Å². The molecule has 0 saturated carbocycles. The number of allylic oxidation sites excluding steroid dienone is 8. The van der Waals surface area contributed by atoms with Gasteiger partial charge < -0.3 is 0 Å². The van der Waals surface area contributed by atoms with Crippen molar-refractivity contribution < 1.29 is 19.2 Å². The predicted molar refractivity (Wildman–Crippen MR) is 198 cm³/mol. The lowest BCUT2D eigenvalue weighted by atomic mass is 9.85. The van der Waals surface area contributed by atoms with E-state index in [4.69, 9.17) is 0 Å². The van der Waals surface area contributed by atoms with Crippen LogP contribution in [-0.2, 0) is 0 Å². The second kappa shape index (κ2) is 10.4. The molecule has 4 aliphatic rings. The van der Waals surface area contributed by atoms with Gasteiger partial charge in [-0.1, -0.05) is 97.1 Å². The van der Waals surface area contributed by atoms with Crippen molar-refractivity contribution in [3.05, 3.63) is 167 Å². The number of benzene rings is 6. The van der Waals surface area contributed by atoms with Crippen molar-refractivity contribution in [3.8, 4) is 0 Å². The Kier molecular flexibility index (Phi) is 5.91. The number of anilines is 2. The van der Waals surface area contributed by atoms with Crippen molar-refractivity contribution >= 4 is 78.5 Å². The van der Waals surface area contributed by atoms with Crippen molar-refractivity contribution in [2.75, 3.05) is 9.80 Å². The summed E-state index contributed by atoms with van der Waals surface area (Å²) in [6, 6.07) is 29.7. The molecule has 0 saturated heterocycles. The van der Waals surface area contributed by atoms with Crippen LogP contribution >= 0.6 is 0 Å². The highest BCUT2D eigenvalue weighted by Crippen LogP contribution is 2.44. The number of fused-ring (bicyclic) bond motifs is 2. The van der Waals surface area contributed by atoms with Gasteiger partial charge in [0.25, 0.3) is 23.6 Å². The second-order valence-electron chi connectivity index (χ2n) is 13.0. The molecule has 0 radical (unpaired) electrons. The van der Waals surface area contributed by atoms with Gasteiger partial charge in [-0.25, -0.2) is 9.80 Å². The maximum Gasteiger partial charge on any atom is 0.266 e. The number of carbonyl (C=O) groups is 4. The summed E-state index contributed by atoms with van der Waals surface area (Å²) in [5.74, 6) is -1.98. The zero-order valence-electron chi connectivity index (χ0n) is 26.6. The van der Waals surface area contributed by atoms with E-state index in [1.807, 2.05) is 84.9 Å². The largest absolute Gasteiger partial charge is 0.268 e. The van der Waals surface area contributed by atoms with Gasteiger partial charge in [0.2, 0.25) is 0 Å². The first-order valence-electron chi connectivity index (χ1n) is 16.6. The molecule has 10 rings (SSSR count). The Balaban J connectivity index is 1.10. The smallest absolute Gasteiger partial charge is 0.266 e. The fraction of sp³-hybridized carbons (Fsp3) is 0.0455. The first-order valence-corrected chi connectivity index (χ1v) is 16.6. The summed E-state index contributed by atoms with van der Waals surface area (Å²) in [5, 5.41) is 4.16. The SMILES string of the molecule is O=C1c2ccc3c4c(ccc(c24)C(=O)N1c1ccc(C2=CC=CC2)c2ccccc12)C(=O)N(c1ccc(C2=CC=CC2)c2ccccc12)C3=O. The van der Waals surface area contributed by atoms with Gasteiger partial charge in [-0.2, -0.15) is 0 Å². The Labute approximate surface area is 286 Å². The number of amides is 4. The number of hydrogen-bond acceptors (Lipinski definition) is 4. The van der Waals surface area contributed by atoms with E-state index in [-0.39, 0.29) is 22.3 Å². The van der Waals surface area contributed by atoms with Crippen molar-refractivity contribution in [3.63, 3.8) is 0 Å². The third kappa shape index (κ3) is 3.78. The molecule has 0 atom stereocenters. The fourth-order valence-corrected chi connectivity index (χ4v) is 8.12. The molecule has 6 heteroatoms. The van der Waals surface area contributed by atoms with E-state index in [1.165, 1.54) is 20.9 Å². The minimum atomic E-state index is -0.495. The summed E-state index contributed by atoms with van der Waals surface area (Å²) in [6.45, 7) is 0. The van der Waals surface area contributed by atoms with Crippen LogP contribution in [0.5, 0.6) is 0 Å². The van der Waals surface area contributed by atoms with Gasteiger partial charge >= 0.3 is 0 Å². The van der Waals surface area contributed by atoms with Crippen LogP contribution in [0.1, 0.15) is 65.4 Å². The van der Waals surface area contributed by atoms with Gasteiger partial charge in [0, 0.05) is 43.8 Å². The van der Waals surface area contributed by atoms with Crippen molar-refractivity contribution in [2.45, 2.75) is 12.8 Å². The molecule has 4 amide bonds. The lowest BCUT2D eigenvalue weighted by molar-refractivity contribution is 0.0873. The molecule has 0 aromatic heterocycles. The van der Waals surface area contributed by atoms with Crippen LogP contribution in [-0.4, -0.2) is 23.6 Å². The van der Waals surface area contributed by atoms with E-state index < -0.39 is 23.6 Å². The first kappa shape index (κ1) is 28.4. The first-order chi connectivity index (χ1) is 24.5. The predicted octanol–water partition coefficient (Wildman–Crippen LogP) is 9.43. The summed E-state index contributed by atoms with van der Waals surface area (Å²) in [4.78, 5) is 59.9. The molecular weight excluding hydrogens is 620 g/mol. The normalized spacial score (nSPS) is 16.4. The Morgan fingerprint density at radius 2 is 0.720 bits per heavy atom. The molecule has 2 heterocycles. The molecule has 0 spiro atoms. The summed E-state index contributed by atoms with van der Waals surface area (Å²) in [6.07, 6.45) is 14.1. The third-order valence-corrected chi connectivity index (χ3v) is 10.4. The molecule has 6 aromatic carbocycles. The van der Waals surface area contributed by atoms with E-state index in [0.717, 1.165) is 45.5 Å². The molecular formula is C44H26N2O4. The zero-order chi connectivity index (χ0) is 33.7. The van der Waals surface area contributed by atoms with Gasteiger partial charge in [0.15, 0.2) is 0 Å². The highest BCUT2D eigenvalue weighted by molar-refractivity contribution is 6.43. The van der Waals surface area contributed by atoms with Crippen LogP contribution in [0.2, 0.25) is 0 Å². The monoisotopic (exact) mass is 646 g/mol. The molecule has 0 fully saturated rings. The fourth-order valence-electron chi connectivity index (χ4n) is 8.12. The highest BCUT2D eigenvalue weighted by Gasteiger charge is 2.41. The van der Waals surface area contributed by atoms with E-state index in [2.05, 4.69) is 24.3 Å². The number of nitrogens with zero attached hydrogens (tertiary/aromatic N) is 2. The topological polar surface area (TPSA) is 74.8 Å². The van der Waals surface area contributed by atoms with E-state index in [9.17, 15) is 19.2 Å². The molecule has 0 unspecified atom stereocenters. The quantitative estimate of drug-likeness (QED) is 0.179. The average Bonchev–Trinajstić information content (AvgIpc) is 3.89. The Hall–Kier alpha value is -6.66. The van der Waals surface area contributed by atoms with Crippen LogP contribution < -0.4 is 9.80 Å². The van der Waals surface area contributed by atoms with Crippen molar-refractivity contribution in [1.82, 2.24) is 0 Å². The van der Waals surface area contributed by atoms with Crippen molar-refractivity contribution in [2.24, 2.45) is 0 Å². The molecule has 0 bridgehead atoms. The molecule has 236 valence electrons. The second-order valence-corrected chi connectivity index (χ2v) is 13.0. The van der Waals surface area contributed by atoms with Crippen LogP contribution in [0.15, 0.2) is 134 Å². The minimum Gasteiger partial charge on any atom is -0.268 e. The summed E-state index contributed by atoms with van der Waals surface area (Å²) in [5.41, 5.74) is 6.54. The number of rotatable bonds is 4. The average molecular weight is 647 g/mol. The summed E-state index contributed by atoms with van der Waals surface area (Å²) in [7, 11) is 0. The maximum absolute atomic E-state index is 14.4. The zero-order valence-corrected chi connectivity index (χ0v) is 26.6. The molecule has 50 heavy (non-hydrogen) atoms. The van der Waals surface area contributed by atoms with Gasteiger partial charge in [0.05, 0.1) is 11.4 Å². The standard InChI is InChI=1S/C44H26N2O4/c47-41-33-17-19-35-40-36(44(50)46(43(35)49)38-24-22-28(26-11-3-4-12-26)30-14-6-8-16-32(30)38)20-18-34(39(33)40)42(48)45(41)37-23-21-27(25-9-1-2-10-25)29-13-5-7-15-31(29)37/h1-9,11,13-24H,10,12H2. The Bertz CT molecular complexity index is 2490. The van der Waals surface area contributed by atoms with Crippen LogP contribution in [0, 0.1) is 0 Å². The Morgan fingerprint density at radius 3 is 1.06 bits per heavy atom. The van der Waals surface area contributed by atoms with Crippen LogP contribution in [0.4, 0.5) is 11.4 Å². The third-order valence-electron chi connectivity index (χ3n) is 10.4. The van der Waals surface area contributed by atoms with Gasteiger partial charge in [0.1, 0.15) is 0 Å². The van der Waals surface area contributed by atoms with Crippen LogP contribution in [0.3, 0.4) is 0 Å². The number of imide groups is 2. The molecule has 6 aromatic rings. The number of hydrogen-bond donors (Lipinski definition) is 0. The maximum atomic E-state index is 14.4. The molecule has 2 aliphatic heterocycles. The van der Waals surface area contributed by atoms with Crippen molar-refractivity contribution in [1.29, 1.82) is 0 Å². The molecule has 0 N–H and O–H groups in total. The number of carbonyl (C=O) groups excluding carboxylic acids is 4. The minimum absolute atomic E-state index is 0.276. The summed E-state index contributed by atoms with van der Waals surface area (Å²) >= 11 is 0. The highest BCUT2D eigenvalue weighted by atomic mass is 16.2. The molecule has 6 nitrogen and oxygen atoms in total. The van der Waals surface area contributed by atoms with E-state index in [0.29, 0.717) is 22.1 Å².